The monoisotopic (exact) mass is 317 g/mol. The van der Waals surface area contributed by atoms with Crippen LogP contribution < -0.4 is 5.32 Å². The van der Waals surface area contributed by atoms with Crippen LogP contribution in [0, 0.1) is 5.92 Å². The number of hydrogen-bond acceptors (Lipinski definition) is 2. The van der Waals surface area contributed by atoms with Gasteiger partial charge in [0, 0.05) is 22.2 Å². The van der Waals surface area contributed by atoms with Crippen LogP contribution in [0.2, 0.25) is 0 Å². The molecule has 2 aromatic rings. The van der Waals surface area contributed by atoms with Crippen molar-refractivity contribution < 1.29 is 0 Å². The quantitative estimate of drug-likeness (QED) is 0.775. The highest BCUT2D eigenvalue weighted by Crippen LogP contribution is 2.36. The maximum Gasteiger partial charge on any atom is 0.121 e. The number of H-pyrrole nitrogens is 1. The molecule has 1 aromatic heterocycles. The molecule has 0 unspecified atom stereocenters. The summed E-state index contributed by atoms with van der Waals surface area (Å²) in [5.74, 6) is 1.99. The van der Waals surface area contributed by atoms with Crippen LogP contribution in [-0.4, -0.2) is 16.5 Å². The van der Waals surface area contributed by atoms with Gasteiger partial charge in [-0.15, -0.1) is 0 Å². The molecule has 0 radical (unpaired) electrons. The molecule has 2 aliphatic rings. The van der Waals surface area contributed by atoms with Crippen molar-refractivity contribution in [1.29, 1.82) is 0 Å². The van der Waals surface area contributed by atoms with Gasteiger partial charge < -0.3 is 10.3 Å². The predicted molar refractivity (Wildman–Crippen MR) is 79.0 cm³/mol. The Morgan fingerprint density at radius 3 is 3.11 bits per heavy atom. The first kappa shape index (κ1) is 11.7. The lowest BCUT2D eigenvalue weighted by Crippen LogP contribution is -2.17. The predicted octanol–water partition coefficient (Wildman–Crippen LogP) is 3.24. The molecule has 1 aromatic carbocycles. The summed E-state index contributed by atoms with van der Waals surface area (Å²) in [6, 6.07) is 6.44. The topological polar surface area (TPSA) is 40.7 Å². The number of aromatic nitrogens is 2. The molecule has 19 heavy (non-hydrogen) atoms. The second-order valence-electron chi connectivity index (χ2n) is 5.56. The van der Waals surface area contributed by atoms with E-state index in [0.29, 0.717) is 0 Å². The van der Waals surface area contributed by atoms with E-state index in [4.69, 9.17) is 4.98 Å². The molecular weight excluding hydrogens is 302 g/mol. The smallest absolute Gasteiger partial charge is 0.121 e. The number of benzene rings is 1. The van der Waals surface area contributed by atoms with Crippen LogP contribution in [0.25, 0.3) is 11.3 Å². The summed E-state index contributed by atoms with van der Waals surface area (Å²) in [4.78, 5) is 8.21. The molecule has 0 spiro atoms. The van der Waals surface area contributed by atoms with E-state index in [9.17, 15) is 0 Å². The molecule has 2 N–H and O–H groups in total. The zero-order valence-electron chi connectivity index (χ0n) is 10.7. The Morgan fingerprint density at radius 1 is 1.37 bits per heavy atom. The Morgan fingerprint density at radius 2 is 2.26 bits per heavy atom. The highest BCUT2D eigenvalue weighted by atomic mass is 79.9. The first-order chi connectivity index (χ1) is 9.29. The summed E-state index contributed by atoms with van der Waals surface area (Å²) >= 11 is 3.53. The molecule has 4 heteroatoms. The summed E-state index contributed by atoms with van der Waals surface area (Å²) in [6.07, 6.45) is 3.76. The van der Waals surface area contributed by atoms with Crippen LogP contribution in [0.1, 0.15) is 29.9 Å². The lowest BCUT2D eigenvalue weighted by atomic mass is 10.1. The van der Waals surface area contributed by atoms with Gasteiger partial charge in [0.25, 0.3) is 0 Å². The molecule has 0 atom stereocenters. The van der Waals surface area contributed by atoms with Gasteiger partial charge in [0.2, 0.25) is 0 Å². The maximum atomic E-state index is 4.75. The van der Waals surface area contributed by atoms with E-state index in [1.54, 1.807) is 0 Å². The van der Waals surface area contributed by atoms with Crippen LogP contribution in [0.3, 0.4) is 0 Å². The highest BCUT2D eigenvalue weighted by Gasteiger charge is 2.23. The van der Waals surface area contributed by atoms with Crippen molar-refractivity contribution in [2.45, 2.75) is 25.8 Å². The van der Waals surface area contributed by atoms with Crippen LogP contribution in [0.4, 0.5) is 0 Å². The number of nitrogens with one attached hydrogen (secondary N) is 2. The van der Waals surface area contributed by atoms with E-state index >= 15 is 0 Å². The van der Waals surface area contributed by atoms with Gasteiger partial charge in [-0.05, 0) is 43.0 Å². The molecule has 1 saturated carbocycles. The Hall–Kier alpha value is -1.13. The van der Waals surface area contributed by atoms with E-state index in [0.717, 1.165) is 41.4 Å². The Kier molecular flexibility index (Phi) is 2.74. The maximum absolute atomic E-state index is 4.75. The lowest BCUT2D eigenvalue weighted by Gasteiger charge is -2.02. The average molecular weight is 318 g/mol. The Balaban J connectivity index is 1.53. The van der Waals surface area contributed by atoms with Crippen molar-refractivity contribution in [1.82, 2.24) is 15.3 Å². The second kappa shape index (κ2) is 4.46. The van der Waals surface area contributed by atoms with Gasteiger partial charge in [-0.2, -0.15) is 0 Å². The lowest BCUT2D eigenvalue weighted by molar-refractivity contribution is 0.622. The molecular formula is C15H16BrN3. The summed E-state index contributed by atoms with van der Waals surface area (Å²) in [5.41, 5.74) is 5.05. The fourth-order valence-corrected chi connectivity index (χ4v) is 3.15. The molecule has 0 bridgehead atoms. The molecule has 1 heterocycles. The van der Waals surface area contributed by atoms with Gasteiger partial charge in [0.15, 0.2) is 0 Å². The molecule has 2 aliphatic carbocycles. The number of aromatic amines is 1. The summed E-state index contributed by atoms with van der Waals surface area (Å²) in [5, 5.41) is 3.48. The molecule has 4 rings (SSSR count). The largest absolute Gasteiger partial charge is 0.344 e. The normalized spacial score (nSPS) is 16.5. The summed E-state index contributed by atoms with van der Waals surface area (Å²) < 4.78 is 1.14. The first-order valence-electron chi connectivity index (χ1n) is 6.87. The van der Waals surface area contributed by atoms with E-state index < -0.39 is 0 Å². The minimum Gasteiger partial charge on any atom is -0.344 e. The number of nitrogens with zero attached hydrogens (tertiary/aromatic N) is 1. The van der Waals surface area contributed by atoms with Crippen molar-refractivity contribution in [2.24, 2.45) is 5.92 Å². The van der Waals surface area contributed by atoms with Gasteiger partial charge >= 0.3 is 0 Å². The van der Waals surface area contributed by atoms with Gasteiger partial charge in [-0.25, -0.2) is 4.98 Å². The number of imidazole rings is 1. The fourth-order valence-electron chi connectivity index (χ4n) is 2.74. The average Bonchev–Trinajstić information content (AvgIpc) is 3.02. The van der Waals surface area contributed by atoms with E-state index in [1.807, 2.05) is 0 Å². The SMILES string of the molecule is Brc1ccc2c(c1)Cc1[nH]c(CNCC3CC3)nc1-2. The molecule has 3 nitrogen and oxygen atoms in total. The minimum atomic E-state index is 0.857. The van der Waals surface area contributed by atoms with Crippen molar-refractivity contribution >= 4 is 15.9 Å². The number of hydrogen-bond donors (Lipinski definition) is 2. The zero-order valence-corrected chi connectivity index (χ0v) is 12.3. The van der Waals surface area contributed by atoms with Crippen LogP contribution >= 0.6 is 15.9 Å². The summed E-state index contributed by atoms with van der Waals surface area (Å²) in [7, 11) is 0. The van der Waals surface area contributed by atoms with Crippen LogP contribution in [0.5, 0.6) is 0 Å². The van der Waals surface area contributed by atoms with Gasteiger partial charge in [-0.1, -0.05) is 22.0 Å². The molecule has 1 fully saturated rings. The van der Waals surface area contributed by atoms with Crippen molar-refractivity contribution in [3.63, 3.8) is 0 Å². The van der Waals surface area contributed by atoms with Crippen molar-refractivity contribution in [3.8, 4) is 11.3 Å². The third-order valence-electron chi connectivity index (χ3n) is 3.94. The van der Waals surface area contributed by atoms with Gasteiger partial charge in [-0.3, -0.25) is 0 Å². The molecule has 0 saturated heterocycles. The molecule has 0 amide bonds. The Bertz CT molecular complexity index is 628. The minimum absolute atomic E-state index is 0.857. The third kappa shape index (κ3) is 2.23. The number of fused-ring (bicyclic) bond motifs is 3. The van der Waals surface area contributed by atoms with Gasteiger partial charge in [0.1, 0.15) is 5.82 Å². The Labute approximate surface area is 121 Å². The summed E-state index contributed by atoms with van der Waals surface area (Å²) in [6.45, 7) is 1.99. The van der Waals surface area contributed by atoms with Gasteiger partial charge in [0.05, 0.1) is 12.2 Å². The standard InChI is InChI=1S/C15H16BrN3/c16-11-3-4-12-10(5-11)6-13-15(12)19-14(18-13)8-17-7-9-1-2-9/h3-5,9,17H,1-2,6-8H2,(H,18,19). The second-order valence-corrected chi connectivity index (χ2v) is 6.48. The highest BCUT2D eigenvalue weighted by molar-refractivity contribution is 9.10. The van der Waals surface area contributed by atoms with Crippen LogP contribution in [-0.2, 0) is 13.0 Å². The number of halogens is 1. The number of rotatable bonds is 4. The first-order valence-corrected chi connectivity index (χ1v) is 7.66. The van der Waals surface area contributed by atoms with E-state index in [1.165, 1.54) is 29.7 Å². The molecule has 0 aliphatic heterocycles. The van der Waals surface area contributed by atoms with E-state index in [2.05, 4.69) is 44.4 Å². The third-order valence-corrected chi connectivity index (χ3v) is 4.43. The van der Waals surface area contributed by atoms with Crippen molar-refractivity contribution in [3.05, 3.63) is 39.8 Å². The van der Waals surface area contributed by atoms with Crippen molar-refractivity contribution in [2.75, 3.05) is 6.54 Å². The van der Waals surface area contributed by atoms with Crippen LogP contribution in [0.15, 0.2) is 22.7 Å². The van der Waals surface area contributed by atoms with E-state index in [-0.39, 0.29) is 0 Å². The fraction of sp³-hybridized carbons (Fsp3) is 0.400. The zero-order chi connectivity index (χ0) is 12.8. The molecule has 98 valence electrons.